The zero-order chi connectivity index (χ0) is 17.1. The third-order valence-corrected chi connectivity index (χ3v) is 4.64. The van der Waals surface area contributed by atoms with Gasteiger partial charge in [0.1, 0.15) is 0 Å². The lowest BCUT2D eigenvalue weighted by molar-refractivity contribution is -0.141. The number of carboxylic acid groups (broad SMARTS) is 1. The molecular formula is C19H22N2O3. The Labute approximate surface area is 141 Å². The Kier molecular flexibility index (Phi) is 4.81. The van der Waals surface area contributed by atoms with Crippen LogP contribution in [0, 0.1) is 5.92 Å². The van der Waals surface area contributed by atoms with E-state index in [-0.39, 0.29) is 24.4 Å². The van der Waals surface area contributed by atoms with Crippen molar-refractivity contribution in [3.8, 4) is 0 Å². The average Bonchev–Trinajstić information content (AvgIpc) is 3.03. The summed E-state index contributed by atoms with van der Waals surface area (Å²) in [4.78, 5) is 25.1. The quantitative estimate of drug-likeness (QED) is 0.885. The summed E-state index contributed by atoms with van der Waals surface area (Å²) in [5.41, 5.74) is 1.06. The molecule has 0 radical (unpaired) electrons. The highest BCUT2D eigenvalue weighted by Gasteiger charge is 2.29. The van der Waals surface area contributed by atoms with Crippen molar-refractivity contribution in [3.63, 3.8) is 0 Å². The number of nitrogens with one attached hydrogen (secondary N) is 1. The minimum absolute atomic E-state index is 0.0679. The molecule has 2 aromatic rings. The molecule has 2 aromatic carbocycles. The number of carbonyl (C=O) groups is 2. The molecule has 0 aromatic heterocycles. The zero-order valence-electron chi connectivity index (χ0n) is 13.7. The number of carboxylic acids is 1. The topological polar surface area (TPSA) is 69.6 Å². The molecule has 0 saturated carbocycles. The van der Waals surface area contributed by atoms with Crippen LogP contribution in [-0.4, -0.2) is 41.5 Å². The van der Waals surface area contributed by atoms with Crippen molar-refractivity contribution in [2.45, 2.75) is 19.4 Å². The molecule has 1 amide bonds. The van der Waals surface area contributed by atoms with Gasteiger partial charge < -0.3 is 10.4 Å². The van der Waals surface area contributed by atoms with Gasteiger partial charge in [-0.05, 0) is 42.3 Å². The standard InChI is InChI=1S/C19H22N2O3/c1-13(15-7-6-14-4-2-3-5-16(14)10-15)20-18(22)12-21-9-8-17(11-21)19(23)24/h2-7,10,13,17H,8-9,11-12H2,1H3,(H,20,22)(H,23,24). The van der Waals surface area contributed by atoms with Crippen LogP contribution in [0.2, 0.25) is 0 Å². The van der Waals surface area contributed by atoms with Gasteiger partial charge in [0.2, 0.25) is 5.91 Å². The van der Waals surface area contributed by atoms with Gasteiger partial charge in [-0.1, -0.05) is 36.4 Å². The van der Waals surface area contributed by atoms with E-state index in [4.69, 9.17) is 5.11 Å². The normalized spacial score (nSPS) is 19.3. The molecule has 1 fully saturated rings. The second-order valence-corrected chi connectivity index (χ2v) is 6.45. The average molecular weight is 326 g/mol. The van der Waals surface area contributed by atoms with Gasteiger partial charge in [-0.2, -0.15) is 0 Å². The fourth-order valence-electron chi connectivity index (χ4n) is 3.23. The highest BCUT2D eigenvalue weighted by molar-refractivity contribution is 5.83. The molecule has 0 bridgehead atoms. The van der Waals surface area contributed by atoms with Crippen molar-refractivity contribution in [3.05, 3.63) is 48.0 Å². The smallest absolute Gasteiger partial charge is 0.307 e. The lowest BCUT2D eigenvalue weighted by Crippen LogP contribution is -2.37. The number of likely N-dealkylation sites (tertiary alicyclic amines) is 1. The lowest BCUT2D eigenvalue weighted by atomic mass is 10.0. The highest BCUT2D eigenvalue weighted by Crippen LogP contribution is 2.20. The Balaban J connectivity index is 1.58. The molecule has 5 nitrogen and oxygen atoms in total. The number of rotatable bonds is 5. The van der Waals surface area contributed by atoms with E-state index in [1.54, 1.807) is 0 Å². The number of benzene rings is 2. The Morgan fingerprint density at radius 2 is 2.00 bits per heavy atom. The van der Waals surface area contributed by atoms with Gasteiger partial charge in [0.05, 0.1) is 18.5 Å². The first kappa shape index (κ1) is 16.5. The first-order valence-electron chi connectivity index (χ1n) is 8.26. The van der Waals surface area contributed by atoms with Gasteiger partial charge in [-0.25, -0.2) is 0 Å². The summed E-state index contributed by atoms with van der Waals surface area (Å²) in [5, 5.41) is 14.4. The van der Waals surface area contributed by atoms with Crippen LogP contribution in [0.3, 0.4) is 0 Å². The number of hydrogen-bond donors (Lipinski definition) is 2. The molecule has 1 aliphatic rings. The summed E-state index contributed by atoms with van der Waals surface area (Å²) in [6.45, 7) is 3.33. The van der Waals surface area contributed by atoms with Crippen molar-refractivity contribution in [2.24, 2.45) is 5.92 Å². The molecular weight excluding hydrogens is 304 g/mol. The van der Waals surface area contributed by atoms with E-state index < -0.39 is 5.97 Å². The summed E-state index contributed by atoms with van der Waals surface area (Å²) in [6, 6.07) is 14.2. The zero-order valence-corrected chi connectivity index (χ0v) is 13.7. The monoisotopic (exact) mass is 326 g/mol. The molecule has 1 saturated heterocycles. The fourth-order valence-corrected chi connectivity index (χ4v) is 3.23. The molecule has 1 heterocycles. The highest BCUT2D eigenvalue weighted by atomic mass is 16.4. The predicted octanol–water partition coefficient (Wildman–Crippen LogP) is 2.42. The molecule has 3 rings (SSSR count). The van der Waals surface area contributed by atoms with E-state index in [9.17, 15) is 9.59 Å². The maximum atomic E-state index is 12.2. The van der Waals surface area contributed by atoms with E-state index in [2.05, 4.69) is 29.6 Å². The minimum atomic E-state index is -0.776. The largest absolute Gasteiger partial charge is 0.481 e. The van der Waals surface area contributed by atoms with Crippen LogP contribution in [0.15, 0.2) is 42.5 Å². The van der Waals surface area contributed by atoms with Gasteiger partial charge in [-0.15, -0.1) is 0 Å². The lowest BCUT2D eigenvalue weighted by Gasteiger charge is -2.19. The van der Waals surface area contributed by atoms with Gasteiger partial charge in [0.15, 0.2) is 0 Å². The Morgan fingerprint density at radius 3 is 2.71 bits per heavy atom. The SMILES string of the molecule is CC(NC(=O)CN1CCC(C(=O)O)C1)c1ccc2ccccc2c1. The number of amides is 1. The van der Waals surface area contributed by atoms with Crippen LogP contribution in [0.5, 0.6) is 0 Å². The molecule has 2 N–H and O–H groups in total. The summed E-state index contributed by atoms with van der Waals surface area (Å²) in [7, 11) is 0. The Hall–Kier alpha value is -2.40. The van der Waals surface area contributed by atoms with Crippen molar-refractivity contribution in [1.29, 1.82) is 0 Å². The second kappa shape index (κ2) is 7.01. The first-order chi connectivity index (χ1) is 11.5. The third-order valence-electron chi connectivity index (χ3n) is 4.64. The van der Waals surface area contributed by atoms with Crippen LogP contribution in [0.25, 0.3) is 10.8 Å². The molecule has 2 unspecified atom stereocenters. The van der Waals surface area contributed by atoms with Crippen molar-refractivity contribution >= 4 is 22.6 Å². The Bertz CT molecular complexity index is 759. The fraction of sp³-hybridized carbons (Fsp3) is 0.368. The summed E-state index contributed by atoms with van der Waals surface area (Å²) >= 11 is 0. The van der Waals surface area contributed by atoms with E-state index in [1.165, 1.54) is 5.39 Å². The molecule has 24 heavy (non-hydrogen) atoms. The van der Waals surface area contributed by atoms with E-state index >= 15 is 0 Å². The van der Waals surface area contributed by atoms with Crippen LogP contribution in [0.4, 0.5) is 0 Å². The maximum Gasteiger partial charge on any atom is 0.307 e. The molecule has 0 spiro atoms. The summed E-state index contributed by atoms with van der Waals surface area (Å²) in [5.74, 6) is -1.19. The molecule has 0 aliphatic carbocycles. The van der Waals surface area contributed by atoms with Crippen LogP contribution in [0.1, 0.15) is 24.9 Å². The summed E-state index contributed by atoms with van der Waals surface area (Å²) < 4.78 is 0. The van der Waals surface area contributed by atoms with E-state index in [1.807, 2.05) is 30.0 Å². The van der Waals surface area contributed by atoms with Gasteiger partial charge >= 0.3 is 5.97 Å². The van der Waals surface area contributed by atoms with Crippen LogP contribution in [-0.2, 0) is 9.59 Å². The first-order valence-corrected chi connectivity index (χ1v) is 8.26. The number of hydrogen-bond acceptors (Lipinski definition) is 3. The van der Waals surface area contributed by atoms with Gasteiger partial charge in [0, 0.05) is 6.54 Å². The van der Waals surface area contributed by atoms with E-state index in [0.29, 0.717) is 19.5 Å². The maximum absolute atomic E-state index is 12.2. The van der Waals surface area contributed by atoms with Crippen molar-refractivity contribution in [1.82, 2.24) is 10.2 Å². The van der Waals surface area contributed by atoms with Gasteiger partial charge in [0.25, 0.3) is 0 Å². The minimum Gasteiger partial charge on any atom is -0.481 e. The number of nitrogens with zero attached hydrogens (tertiary/aromatic N) is 1. The summed E-state index contributed by atoms with van der Waals surface area (Å²) in [6.07, 6.45) is 0.614. The van der Waals surface area contributed by atoms with Crippen LogP contribution < -0.4 is 5.32 Å². The van der Waals surface area contributed by atoms with Crippen molar-refractivity contribution < 1.29 is 14.7 Å². The van der Waals surface area contributed by atoms with Crippen LogP contribution >= 0.6 is 0 Å². The third kappa shape index (κ3) is 3.74. The Morgan fingerprint density at radius 1 is 1.25 bits per heavy atom. The molecule has 126 valence electrons. The number of aliphatic carboxylic acids is 1. The molecule has 5 heteroatoms. The molecule has 1 aliphatic heterocycles. The number of carbonyl (C=O) groups excluding carboxylic acids is 1. The second-order valence-electron chi connectivity index (χ2n) is 6.45. The van der Waals surface area contributed by atoms with Crippen molar-refractivity contribution in [2.75, 3.05) is 19.6 Å². The van der Waals surface area contributed by atoms with Gasteiger partial charge in [-0.3, -0.25) is 14.5 Å². The predicted molar refractivity (Wildman–Crippen MR) is 92.7 cm³/mol. The molecule has 2 atom stereocenters. The van der Waals surface area contributed by atoms with E-state index in [0.717, 1.165) is 10.9 Å². The number of fused-ring (bicyclic) bond motifs is 1.